The Labute approximate surface area is 238 Å². The molecule has 9 nitrogen and oxygen atoms in total. The highest BCUT2D eigenvalue weighted by atomic mass is 79.9. The largest absolute Gasteiger partial charge is 0.493 e. The van der Waals surface area contributed by atoms with Crippen molar-refractivity contribution in [1.29, 1.82) is 0 Å². The molecule has 1 saturated heterocycles. The number of benzene rings is 1. The third kappa shape index (κ3) is 5.17. The molecule has 39 heavy (non-hydrogen) atoms. The lowest BCUT2D eigenvalue weighted by Crippen LogP contribution is -2.40. The van der Waals surface area contributed by atoms with E-state index in [-0.39, 0.29) is 17.7 Å². The molecule has 0 unspecified atom stereocenters. The van der Waals surface area contributed by atoms with Crippen molar-refractivity contribution < 1.29 is 23.4 Å². The van der Waals surface area contributed by atoms with Crippen LogP contribution in [0.5, 0.6) is 11.5 Å². The lowest BCUT2D eigenvalue weighted by Gasteiger charge is -2.26. The number of esters is 1. The molecule has 0 N–H and O–H groups in total. The average molecular weight is 617 g/mol. The zero-order valence-electron chi connectivity index (χ0n) is 22.3. The number of hydrogen-bond acceptors (Lipinski definition) is 9. The van der Waals surface area contributed by atoms with E-state index < -0.39 is 12.0 Å². The minimum Gasteiger partial charge on any atom is -0.493 e. The third-order valence-corrected chi connectivity index (χ3v) is 8.54. The molecule has 2 aliphatic rings. The van der Waals surface area contributed by atoms with Gasteiger partial charge in [0, 0.05) is 29.7 Å². The van der Waals surface area contributed by atoms with E-state index in [0.717, 1.165) is 31.8 Å². The normalized spacial score (nSPS) is 17.6. The number of rotatable bonds is 7. The molecule has 1 fully saturated rings. The summed E-state index contributed by atoms with van der Waals surface area (Å²) < 4.78 is 25.1. The van der Waals surface area contributed by atoms with E-state index in [9.17, 15) is 9.59 Å². The maximum absolute atomic E-state index is 13.9. The summed E-state index contributed by atoms with van der Waals surface area (Å²) >= 11 is 4.87. The van der Waals surface area contributed by atoms with Gasteiger partial charge in [0.2, 0.25) is 0 Å². The van der Waals surface area contributed by atoms with E-state index in [0.29, 0.717) is 42.3 Å². The number of halogens is 1. The van der Waals surface area contributed by atoms with Crippen LogP contribution in [0.15, 0.2) is 54.2 Å². The summed E-state index contributed by atoms with van der Waals surface area (Å²) in [4.78, 5) is 34.5. The standard InChI is InChI=1S/C28H30BrN3O6S/c1-5-37-27(34)24-16(2)30-28-32(25(24)18-14-20(35-3)21(36-4)15-19(18)29)26(33)22(39-28)13-17-9-10-23(38-17)31-11-7-6-8-12-31/h9-10,13-15,25H,5-8,11-12H2,1-4H3/b22-13-/t25-/m1/s1. The van der Waals surface area contributed by atoms with Crippen molar-refractivity contribution >= 4 is 45.2 Å². The number of carbonyl (C=O) groups excluding carboxylic acids is 1. The zero-order valence-corrected chi connectivity index (χ0v) is 24.7. The van der Waals surface area contributed by atoms with E-state index in [1.807, 2.05) is 12.1 Å². The monoisotopic (exact) mass is 615 g/mol. The smallest absolute Gasteiger partial charge is 0.338 e. The van der Waals surface area contributed by atoms with Gasteiger partial charge in [-0.05, 0) is 56.9 Å². The second-order valence-electron chi connectivity index (χ2n) is 9.25. The Morgan fingerprint density at radius 3 is 2.59 bits per heavy atom. The van der Waals surface area contributed by atoms with Gasteiger partial charge in [0.05, 0.1) is 42.7 Å². The molecule has 0 aliphatic carbocycles. The van der Waals surface area contributed by atoms with Crippen molar-refractivity contribution in [3.8, 4) is 11.5 Å². The summed E-state index contributed by atoms with van der Waals surface area (Å²) in [5, 5.41) is 0. The summed E-state index contributed by atoms with van der Waals surface area (Å²) in [5.74, 6) is 1.85. The number of nitrogens with zero attached hydrogens (tertiary/aromatic N) is 3. The van der Waals surface area contributed by atoms with Crippen molar-refractivity contribution in [1.82, 2.24) is 4.57 Å². The van der Waals surface area contributed by atoms with Crippen LogP contribution in [0.1, 0.15) is 50.5 Å². The molecule has 206 valence electrons. The summed E-state index contributed by atoms with van der Waals surface area (Å²) in [6, 6.07) is 6.55. The lowest BCUT2D eigenvalue weighted by atomic mass is 9.95. The number of ether oxygens (including phenoxy) is 3. The molecule has 0 saturated carbocycles. The average Bonchev–Trinajstić information content (AvgIpc) is 3.52. The first-order valence-electron chi connectivity index (χ1n) is 12.8. The first kappa shape index (κ1) is 27.3. The van der Waals surface area contributed by atoms with Crippen molar-refractivity contribution in [3.05, 3.63) is 71.0 Å². The number of fused-ring (bicyclic) bond motifs is 1. The highest BCUT2D eigenvalue weighted by Gasteiger charge is 2.35. The van der Waals surface area contributed by atoms with Crippen LogP contribution in [-0.2, 0) is 9.53 Å². The summed E-state index contributed by atoms with van der Waals surface area (Å²) in [7, 11) is 3.09. The Kier molecular flexibility index (Phi) is 7.99. The molecule has 0 bridgehead atoms. The Hall–Kier alpha value is -3.31. The topological polar surface area (TPSA) is 95.5 Å². The molecule has 4 heterocycles. The van der Waals surface area contributed by atoms with E-state index in [1.54, 1.807) is 39.2 Å². The number of piperidine rings is 1. The number of anilines is 1. The minimum atomic E-state index is -0.794. The number of thiazole rings is 1. The number of aromatic nitrogens is 1. The van der Waals surface area contributed by atoms with Gasteiger partial charge in [0.1, 0.15) is 5.76 Å². The van der Waals surface area contributed by atoms with Gasteiger partial charge < -0.3 is 23.5 Å². The molecule has 0 spiro atoms. The van der Waals surface area contributed by atoms with E-state index in [2.05, 4.69) is 25.8 Å². The molecule has 11 heteroatoms. The van der Waals surface area contributed by atoms with E-state index in [1.165, 1.54) is 29.4 Å². The van der Waals surface area contributed by atoms with Crippen molar-refractivity contribution in [2.75, 3.05) is 38.8 Å². The maximum atomic E-state index is 13.9. The van der Waals surface area contributed by atoms with Gasteiger partial charge in [-0.3, -0.25) is 9.36 Å². The molecule has 0 amide bonds. The van der Waals surface area contributed by atoms with Crippen LogP contribution in [0.25, 0.3) is 6.08 Å². The molecule has 2 aromatic heterocycles. The number of furan rings is 1. The number of allylic oxidation sites excluding steroid dienone is 1. The lowest BCUT2D eigenvalue weighted by molar-refractivity contribution is -0.139. The Bertz CT molecular complexity index is 1610. The summed E-state index contributed by atoms with van der Waals surface area (Å²) in [6.07, 6.45) is 5.25. The van der Waals surface area contributed by atoms with Crippen LogP contribution in [-0.4, -0.2) is 44.5 Å². The molecule has 1 atom stereocenters. The van der Waals surface area contributed by atoms with Crippen molar-refractivity contribution in [2.45, 2.75) is 39.2 Å². The van der Waals surface area contributed by atoms with Crippen LogP contribution in [0.2, 0.25) is 0 Å². The van der Waals surface area contributed by atoms with Crippen LogP contribution < -0.4 is 29.3 Å². The van der Waals surface area contributed by atoms with E-state index in [4.69, 9.17) is 18.6 Å². The molecule has 0 radical (unpaired) electrons. The molecule has 2 aliphatic heterocycles. The molecule has 5 rings (SSSR count). The van der Waals surface area contributed by atoms with Crippen molar-refractivity contribution in [3.63, 3.8) is 0 Å². The van der Waals surface area contributed by atoms with Gasteiger partial charge in [0.25, 0.3) is 5.56 Å². The zero-order chi connectivity index (χ0) is 27.7. The predicted octanol–water partition coefficient (Wildman–Crippen LogP) is 4.16. The molecular formula is C28H30BrN3O6S. The van der Waals surface area contributed by atoms with Gasteiger partial charge in [-0.15, -0.1) is 0 Å². The van der Waals surface area contributed by atoms with Crippen LogP contribution in [0, 0.1) is 0 Å². The summed E-state index contributed by atoms with van der Waals surface area (Å²) in [6.45, 7) is 5.61. The fourth-order valence-electron chi connectivity index (χ4n) is 5.00. The predicted molar refractivity (Wildman–Crippen MR) is 152 cm³/mol. The van der Waals surface area contributed by atoms with Gasteiger partial charge >= 0.3 is 5.97 Å². The SMILES string of the molecule is CCOC(=O)C1=C(C)N=c2s/c(=C\c3ccc(N4CCCCC4)o3)c(=O)n2[C@@H]1c1cc(OC)c(OC)cc1Br. The second kappa shape index (κ2) is 11.4. The highest BCUT2D eigenvalue weighted by molar-refractivity contribution is 9.10. The number of carbonyl (C=O) groups is 1. The minimum absolute atomic E-state index is 0.192. The number of methoxy groups -OCH3 is 2. The first-order chi connectivity index (χ1) is 18.9. The quantitative estimate of drug-likeness (QED) is 0.368. The fraction of sp³-hybridized carbons (Fsp3) is 0.393. The first-order valence-corrected chi connectivity index (χ1v) is 14.4. The van der Waals surface area contributed by atoms with E-state index >= 15 is 0 Å². The number of hydrogen-bond donors (Lipinski definition) is 0. The molecular weight excluding hydrogens is 586 g/mol. The summed E-state index contributed by atoms with van der Waals surface area (Å²) in [5.41, 5.74) is 1.13. The maximum Gasteiger partial charge on any atom is 0.338 e. The van der Waals surface area contributed by atoms with Gasteiger partial charge in [-0.2, -0.15) is 0 Å². The van der Waals surface area contributed by atoms with Crippen LogP contribution >= 0.6 is 27.3 Å². The fourth-order valence-corrected chi connectivity index (χ4v) is 6.56. The van der Waals surface area contributed by atoms with Gasteiger partial charge in [-0.1, -0.05) is 27.3 Å². The van der Waals surface area contributed by atoms with Crippen LogP contribution in [0.4, 0.5) is 5.88 Å². The Morgan fingerprint density at radius 2 is 1.90 bits per heavy atom. The highest BCUT2D eigenvalue weighted by Crippen LogP contribution is 2.40. The van der Waals surface area contributed by atoms with Gasteiger partial charge in [-0.25, -0.2) is 9.79 Å². The van der Waals surface area contributed by atoms with Crippen molar-refractivity contribution in [2.24, 2.45) is 4.99 Å². The van der Waals surface area contributed by atoms with Crippen LogP contribution in [0.3, 0.4) is 0 Å². The Balaban J connectivity index is 1.66. The third-order valence-electron chi connectivity index (χ3n) is 6.87. The molecule has 3 aromatic rings. The second-order valence-corrected chi connectivity index (χ2v) is 11.1. The molecule has 1 aromatic carbocycles. The Morgan fingerprint density at radius 1 is 1.18 bits per heavy atom. The van der Waals surface area contributed by atoms with Gasteiger partial charge in [0.15, 0.2) is 22.2 Å².